The van der Waals surface area contributed by atoms with E-state index in [1.807, 2.05) is 0 Å². The van der Waals surface area contributed by atoms with Crippen LogP contribution in [0.2, 0.25) is 0 Å². The SMILES string of the molecule is FC(F)(F)C(F)(F)C(F)(F)CCSCc1ccccc1. The van der Waals surface area contributed by atoms with E-state index in [1.54, 1.807) is 30.3 Å². The normalized spacial score (nSPS) is 13.6. The van der Waals surface area contributed by atoms with Gasteiger partial charge in [0.15, 0.2) is 0 Å². The van der Waals surface area contributed by atoms with Crippen LogP contribution >= 0.6 is 11.8 Å². The van der Waals surface area contributed by atoms with Crippen molar-refractivity contribution in [3.8, 4) is 0 Å². The fraction of sp³-hybridized carbons (Fsp3) is 0.500. The first-order valence-corrected chi connectivity index (χ1v) is 6.67. The molecule has 0 N–H and O–H groups in total. The molecule has 0 spiro atoms. The van der Waals surface area contributed by atoms with Gasteiger partial charge in [-0.2, -0.15) is 42.5 Å². The molecule has 0 aliphatic carbocycles. The maximum Gasteiger partial charge on any atom is 0.459 e. The van der Waals surface area contributed by atoms with Gasteiger partial charge in [-0.1, -0.05) is 30.3 Å². The third kappa shape index (κ3) is 4.04. The number of hydrogen-bond donors (Lipinski definition) is 0. The second kappa shape index (κ2) is 6.24. The van der Waals surface area contributed by atoms with Gasteiger partial charge in [0.05, 0.1) is 0 Å². The number of halogens is 7. The first-order chi connectivity index (χ1) is 9.08. The molecule has 0 fully saturated rings. The summed E-state index contributed by atoms with van der Waals surface area (Å²) in [6.07, 6.45) is -7.78. The van der Waals surface area contributed by atoms with Gasteiger partial charge in [-0.05, 0) is 11.3 Å². The van der Waals surface area contributed by atoms with Gasteiger partial charge < -0.3 is 0 Å². The molecule has 0 unspecified atom stereocenters. The molecule has 0 amide bonds. The summed E-state index contributed by atoms with van der Waals surface area (Å²) in [5.74, 6) is -11.3. The Morgan fingerprint density at radius 2 is 1.40 bits per heavy atom. The molecule has 0 radical (unpaired) electrons. The van der Waals surface area contributed by atoms with Crippen LogP contribution in [0.1, 0.15) is 12.0 Å². The topological polar surface area (TPSA) is 0 Å². The summed E-state index contributed by atoms with van der Waals surface area (Å²) in [5, 5.41) is 0. The summed E-state index contributed by atoms with van der Waals surface area (Å²) in [7, 11) is 0. The van der Waals surface area contributed by atoms with Gasteiger partial charge in [-0.25, -0.2) is 0 Å². The summed E-state index contributed by atoms with van der Waals surface area (Å²) in [5.41, 5.74) is 0.781. The fourth-order valence-corrected chi connectivity index (χ4v) is 2.30. The largest absolute Gasteiger partial charge is 0.459 e. The smallest absolute Gasteiger partial charge is 0.199 e. The van der Waals surface area contributed by atoms with Gasteiger partial charge in [0.2, 0.25) is 0 Å². The summed E-state index contributed by atoms with van der Waals surface area (Å²) in [4.78, 5) is 0. The summed E-state index contributed by atoms with van der Waals surface area (Å²) in [6.45, 7) is 0. The Balaban J connectivity index is 2.48. The minimum Gasteiger partial charge on any atom is -0.199 e. The van der Waals surface area contributed by atoms with Crippen molar-refractivity contribution in [2.75, 3.05) is 5.75 Å². The van der Waals surface area contributed by atoms with E-state index >= 15 is 0 Å². The number of benzene rings is 1. The van der Waals surface area contributed by atoms with Crippen LogP contribution in [0.3, 0.4) is 0 Å². The molecule has 0 saturated heterocycles. The van der Waals surface area contributed by atoms with Crippen molar-refractivity contribution in [2.45, 2.75) is 30.2 Å². The maximum atomic E-state index is 12.9. The zero-order chi connectivity index (χ0) is 15.4. The average molecular weight is 320 g/mol. The van der Waals surface area contributed by atoms with E-state index in [4.69, 9.17) is 0 Å². The van der Waals surface area contributed by atoms with Crippen LogP contribution in [-0.2, 0) is 5.75 Å². The summed E-state index contributed by atoms with van der Waals surface area (Å²) >= 11 is 0.879. The van der Waals surface area contributed by atoms with E-state index in [0.29, 0.717) is 0 Å². The monoisotopic (exact) mass is 320 g/mol. The number of hydrogen-bond acceptors (Lipinski definition) is 1. The van der Waals surface area contributed by atoms with Crippen LogP contribution in [0, 0.1) is 0 Å². The number of alkyl halides is 7. The summed E-state index contributed by atoms with van der Waals surface area (Å²) < 4.78 is 86.6. The van der Waals surface area contributed by atoms with Crippen LogP contribution in [0.4, 0.5) is 30.7 Å². The Labute approximate surface area is 115 Å². The van der Waals surface area contributed by atoms with Crippen molar-refractivity contribution < 1.29 is 30.7 Å². The van der Waals surface area contributed by atoms with E-state index in [0.717, 1.165) is 17.3 Å². The molecule has 1 aromatic carbocycles. The van der Waals surface area contributed by atoms with Crippen LogP contribution in [-0.4, -0.2) is 23.8 Å². The maximum absolute atomic E-state index is 12.9. The van der Waals surface area contributed by atoms with Crippen molar-refractivity contribution in [3.05, 3.63) is 35.9 Å². The van der Waals surface area contributed by atoms with Crippen molar-refractivity contribution in [3.63, 3.8) is 0 Å². The van der Waals surface area contributed by atoms with E-state index in [9.17, 15) is 30.7 Å². The van der Waals surface area contributed by atoms with Crippen LogP contribution in [0.5, 0.6) is 0 Å². The lowest BCUT2D eigenvalue weighted by Gasteiger charge is -2.28. The van der Waals surface area contributed by atoms with Gasteiger partial charge in [0, 0.05) is 12.2 Å². The van der Waals surface area contributed by atoms with Crippen molar-refractivity contribution >= 4 is 11.8 Å². The van der Waals surface area contributed by atoms with E-state index < -0.39 is 30.2 Å². The molecule has 0 aliphatic rings. The molecule has 0 aliphatic heterocycles. The van der Waals surface area contributed by atoms with Crippen molar-refractivity contribution in [1.82, 2.24) is 0 Å². The highest BCUT2D eigenvalue weighted by atomic mass is 32.2. The second-order valence-corrected chi connectivity index (χ2v) is 5.17. The predicted octanol–water partition coefficient (Wildman–Crippen LogP) is 5.14. The predicted molar refractivity (Wildman–Crippen MR) is 63.2 cm³/mol. The third-order valence-corrected chi connectivity index (χ3v) is 3.52. The first kappa shape index (κ1) is 17.1. The number of thioether (sulfide) groups is 1. The van der Waals surface area contributed by atoms with Crippen LogP contribution < -0.4 is 0 Å². The molecule has 8 heteroatoms. The van der Waals surface area contributed by atoms with Gasteiger partial charge >= 0.3 is 18.0 Å². The Morgan fingerprint density at radius 3 is 1.90 bits per heavy atom. The van der Waals surface area contributed by atoms with Crippen LogP contribution in [0.25, 0.3) is 0 Å². The van der Waals surface area contributed by atoms with Crippen molar-refractivity contribution in [2.24, 2.45) is 0 Å². The lowest BCUT2D eigenvalue weighted by Crippen LogP contribution is -2.52. The molecule has 0 heterocycles. The minimum absolute atomic E-state index is 0.272. The molecule has 0 atom stereocenters. The zero-order valence-electron chi connectivity index (χ0n) is 10.1. The average Bonchev–Trinajstić information content (AvgIpc) is 2.34. The molecule has 1 rings (SSSR count). The highest BCUT2D eigenvalue weighted by Gasteiger charge is 2.72. The lowest BCUT2D eigenvalue weighted by molar-refractivity contribution is -0.354. The van der Waals surface area contributed by atoms with E-state index in [2.05, 4.69) is 0 Å². The first-order valence-electron chi connectivity index (χ1n) is 5.52. The molecular weight excluding hydrogens is 309 g/mol. The quantitative estimate of drug-likeness (QED) is 0.516. The zero-order valence-corrected chi connectivity index (χ0v) is 10.9. The fourth-order valence-electron chi connectivity index (χ4n) is 1.33. The van der Waals surface area contributed by atoms with Gasteiger partial charge in [0.25, 0.3) is 0 Å². The molecule has 20 heavy (non-hydrogen) atoms. The van der Waals surface area contributed by atoms with Crippen LogP contribution in [0.15, 0.2) is 30.3 Å². The lowest BCUT2D eigenvalue weighted by atomic mass is 10.1. The van der Waals surface area contributed by atoms with Gasteiger partial charge in [-0.3, -0.25) is 0 Å². The molecule has 0 saturated carbocycles. The Bertz CT molecular complexity index is 414. The Kier molecular flexibility index (Phi) is 5.34. The highest BCUT2D eigenvalue weighted by Crippen LogP contribution is 2.48. The molecule has 0 aromatic heterocycles. The van der Waals surface area contributed by atoms with E-state index in [-0.39, 0.29) is 5.75 Å². The molecule has 114 valence electrons. The van der Waals surface area contributed by atoms with Gasteiger partial charge in [-0.15, -0.1) is 0 Å². The molecule has 1 aromatic rings. The molecule has 0 bridgehead atoms. The molecular formula is C12H11F7S. The Morgan fingerprint density at radius 1 is 0.850 bits per heavy atom. The Hall–Kier alpha value is -0.920. The van der Waals surface area contributed by atoms with Crippen molar-refractivity contribution in [1.29, 1.82) is 0 Å². The third-order valence-electron chi connectivity index (χ3n) is 2.49. The molecule has 0 nitrogen and oxygen atoms in total. The number of rotatable bonds is 6. The highest BCUT2D eigenvalue weighted by molar-refractivity contribution is 7.98. The van der Waals surface area contributed by atoms with Gasteiger partial charge in [0.1, 0.15) is 0 Å². The minimum atomic E-state index is -6.25. The summed E-state index contributed by atoms with van der Waals surface area (Å²) in [6, 6.07) is 8.57. The van der Waals surface area contributed by atoms with E-state index in [1.165, 1.54) is 0 Å². The standard InChI is InChI=1S/C12H11F7S/c13-10(14,11(15,16)12(17,18)19)6-7-20-8-9-4-2-1-3-5-9/h1-5H,6-8H2. The second-order valence-electron chi connectivity index (χ2n) is 4.06.